The van der Waals surface area contributed by atoms with Gasteiger partial charge in [-0.2, -0.15) is 0 Å². The molecular weight excluding hydrogens is 608 g/mol. The normalized spacial score (nSPS) is 24.4. The Morgan fingerprint density at radius 2 is 1.69 bits per heavy atom. The van der Waals surface area contributed by atoms with Gasteiger partial charge in [0.15, 0.2) is 0 Å². The van der Waals surface area contributed by atoms with Crippen molar-refractivity contribution in [3.05, 3.63) is 60.7 Å². The number of benzene rings is 1. The molecule has 0 radical (unpaired) electrons. The molecule has 8 heteroatoms. The standard InChI is InChI=1S/C28H31Br2ClN2O3/c1-16(34)36-23-6-4-18(5-7-23)28(35)33-10-8-17(9-11-33)26-25-19(13-22(31)14-24(25)30)2-3-20-12-21(29)15-32-27(20)26/h12-15,17-18,23,26H,2-11H2,1H3/t18?,23?,26-/m1/s1. The topological polar surface area (TPSA) is 59.5 Å². The number of likely N-dealkylation sites (tertiary alicyclic amines) is 1. The van der Waals surface area contributed by atoms with Crippen LogP contribution in [0.5, 0.6) is 0 Å². The van der Waals surface area contributed by atoms with Gasteiger partial charge in [-0.25, -0.2) is 0 Å². The average molecular weight is 639 g/mol. The number of fused-ring (bicyclic) bond motifs is 2. The lowest BCUT2D eigenvalue weighted by Crippen LogP contribution is -2.44. The third kappa shape index (κ3) is 5.53. The molecule has 2 heterocycles. The molecule has 1 atom stereocenters. The third-order valence-electron chi connectivity index (χ3n) is 8.10. The Kier molecular flexibility index (Phi) is 8.09. The first-order valence-corrected chi connectivity index (χ1v) is 14.8. The van der Waals surface area contributed by atoms with Crippen molar-refractivity contribution in [2.75, 3.05) is 13.1 Å². The van der Waals surface area contributed by atoms with E-state index in [2.05, 4.69) is 48.9 Å². The molecule has 2 fully saturated rings. The van der Waals surface area contributed by atoms with Gasteiger partial charge in [0.2, 0.25) is 5.91 Å². The van der Waals surface area contributed by atoms with Crippen LogP contribution in [0.2, 0.25) is 5.02 Å². The molecule has 36 heavy (non-hydrogen) atoms. The molecule has 2 aliphatic carbocycles. The van der Waals surface area contributed by atoms with Crippen LogP contribution >= 0.6 is 43.5 Å². The third-order valence-corrected chi connectivity index (χ3v) is 9.40. The number of carbonyl (C=O) groups is 2. The number of hydrogen-bond donors (Lipinski definition) is 0. The number of halogens is 3. The van der Waals surface area contributed by atoms with E-state index in [-0.39, 0.29) is 29.8 Å². The highest BCUT2D eigenvalue weighted by Crippen LogP contribution is 2.46. The maximum absolute atomic E-state index is 13.3. The van der Waals surface area contributed by atoms with E-state index in [0.717, 1.165) is 84.1 Å². The van der Waals surface area contributed by atoms with Crippen molar-refractivity contribution in [2.45, 2.75) is 70.3 Å². The summed E-state index contributed by atoms with van der Waals surface area (Å²) in [5.41, 5.74) is 5.04. The van der Waals surface area contributed by atoms with E-state index in [1.54, 1.807) is 0 Å². The highest BCUT2D eigenvalue weighted by Gasteiger charge is 2.38. The number of aromatic nitrogens is 1. The lowest BCUT2D eigenvalue weighted by Gasteiger charge is -2.39. The number of esters is 1. The lowest BCUT2D eigenvalue weighted by atomic mass is 9.76. The molecule has 2 aromatic rings. The molecule has 0 unspecified atom stereocenters. The number of hydrogen-bond acceptors (Lipinski definition) is 4. The van der Waals surface area contributed by atoms with E-state index in [1.165, 1.54) is 23.6 Å². The van der Waals surface area contributed by atoms with Crippen molar-refractivity contribution in [3.63, 3.8) is 0 Å². The van der Waals surface area contributed by atoms with Gasteiger partial charge in [0.25, 0.3) is 0 Å². The maximum atomic E-state index is 13.3. The SMILES string of the molecule is CC(=O)OC1CCC(C(=O)N2CCC([C@H]3c4ncc(Br)cc4CCc4cc(Cl)cc(Br)c43)CC2)CC1. The van der Waals surface area contributed by atoms with E-state index < -0.39 is 0 Å². The Labute approximate surface area is 234 Å². The predicted molar refractivity (Wildman–Crippen MR) is 147 cm³/mol. The van der Waals surface area contributed by atoms with Crippen molar-refractivity contribution < 1.29 is 14.3 Å². The highest BCUT2D eigenvalue weighted by atomic mass is 79.9. The van der Waals surface area contributed by atoms with Gasteiger partial charge in [-0.3, -0.25) is 14.6 Å². The average Bonchev–Trinajstić information content (AvgIpc) is 3.00. The first-order chi connectivity index (χ1) is 17.3. The van der Waals surface area contributed by atoms with E-state index in [0.29, 0.717) is 5.92 Å². The number of nitrogens with zero attached hydrogens (tertiary/aromatic N) is 2. The van der Waals surface area contributed by atoms with Gasteiger partial charge in [-0.15, -0.1) is 0 Å². The second kappa shape index (κ2) is 11.1. The number of carbonyl (C=O) groups excluding carboxylic acids is 2. The maximum Gasteiger partial charge on any atom is 0.302 e. The van der Waals surface area contributed by atoms with E-state index >= 15 is 0 Å². The second-order valence-corrected chi connectivity index (χ2v) is 12.6. The predicted octanol–water partition coefficient (Wildman–Crippen LogP) is 6.85. The summed E-state index contributed by atoms with van der Waals surface area (Å²) in [7, 11) is 0. The van der Waals surface area contributed by atoms with Gasteiger partial charge in [-0.1, -0.05) is 27.5 Å². The Hall–Kier alpha value is -1.44. The second-order valence-electron chi connectivity index (χ2n) is 10.4. The van der Waals surface area contributed by atoms with Crippen LogP contribution < -0.4 is 0 Å². The molecule has 192 valence electrons. The fraction of sp³-hybridized carbons (Fsp3) is 0.536. The van der Waals surface area contributed by atoms with Gasteiger partial charge >= 0.3 is 5.97 Å². The lowest BCUT2D eigenvalue weighted by molar-refractivity contribution is -0.149. The quantitative estimate of drug-likeness (QED) is 0.345. The van der Waals surface area contributed by atoms with Crippen molar-refractivity contribution >= 4 is 55.3 Å². The van der Waals surface area contributed by atoms with Crippen LogP contribution in [0.15, 0.2) is 33.3 Å². The molecule has 5 nitrogen and oxygen atoms in total. The van der Waals surface area contributed by atoms with Gasteiger partial charge in [0.05, 0.1) is 5.69 Å². The van der Waals surface area contributed by atoms with Crippen LogP contribution in [0.4, 0.5) is 0 Å². The number of rotatable bonds is 3. The molecule has 5 rings (SSSR count). The van der Waals surface area contributed by atoms with Gasteiger partial charge < -0.3 is 9.64 Å². The van der Waals surface area contributed by atoms with Crippen LogP contribution in [-0.4, -0.2) is 41.0 Å². The molecule has 1 aromatic heterocycles. The van der Waals surface area contributed by atoms with Crippen molar-refractivity contribution in [3.8, 4) is 0 Å². The minimum absolute atomic E-state index is 0.0351. The molecular formula is C28H31Br2ClN2O3. The number of pyridine rings is 1. The molecule has 0 spiro atoms. The number of ether oxygens (including phenoxy) is 1. The minimum atomic E-state index is -0.232. The fourth-order valence-electron chi connectivity index (χ4n) is 6.40. The number of piperidine rings is 1. The smallest absolute Gasteiger partial charge is 0.302 e. The summed E-state index contributed by atoms with van der Waals surface area (Å²) in [4.78, 5) is 31.6. The Bertz CT molecular complexity index is 1160. The summed E-state index contributed by atoms with van der Waals surface area (Å²) in [5.74, 6) is 0.655. The summed E-state index contributed by atoms with van der Waals surface area (Å²) in [5, 5.41) is 0.753. The number of aryl methyl sites for hydroxylation is 2. The summed E-state index contributed by atoms with van der Waals surface area (Å²) in [6.07, 6.45) is 8.79. The van der Waals surface area contributed by atoms with Crippen LogP contribution in [0.3, 0.4) is 0 Å². The van der Waals surface area contributed by atoms with Gasteiger partial charge in [0, 0.05) is 52.0 Å². The Balaban J connectivity index is 1.32. The molecule has 1 amide bonds. The zero-order valence-electron chi connectivity index (χ0n) is 20.4. The van der Waals surface area contributed by atoms with Crippen LogP contribution in [0.1, 0.15) is 73.8 Å². The Morgan fingerprint density at radius 1 is 1.00 bits per heavy atom. The molecule has 1 saturated carbocycles. The zero-order chi connectivity index (χ0) is 25.4. The molecule has 3 aliphatic rings. The van der Waals surface area contributed by atoms with Crippen molar-refractivity contribution in [2.24, 2.45) is 11.8 Å². The monoisotopic (exact) mass is 636 g/mol. The van der Waals surface area contributed by atoms with Crippen molar-refractivity contribution in [1.82, 2.24) is 9.88 Å². The van der Waals surface area contributed by atoms with Crippen molar-refractivity contribution in [1.29, 1.82) is 0 Å². The molecule has 1 aromatic carbocycles. The minimum Gasteiger partial charge on any atom is -0.463 e. The molecule has 1 aliphatic heterocycles. The van der Waals surface area contributed by atoms with Crippen LogP contribution in [0.25, 0.3) is 0 Å². The van der Waals surface area contributed by atoms with Crippen LogP contribution in [0, 0.1) is 11.8 Å². The first kappa shape index (κ1) is 26.2. The van der Waals surface area contributed by atoms with Gasteiger partial charge in [0.1, 0.15) is 6.10 Å². The Morgan fingerprint density at radius 3 is 2.39 bits per heavy atom. The summed E-state index contributed by atoms with van der Waals surface area (Å²) < 4.78 is 7.41. The van der Waals surface area contributed by atoms with E-state index in [4.69, 9.17) is 21.3 Å². The van der Waals surface area contributed by atoms with Gasteiger partial charge in [-0.05, 0) is 108 Å². The molecule has 0 N–H and O–H groups in total. The largest absolute Gasteiger partial charge is 0.463 e. The summed E-state index contributed by atoms with van der Waals surface area (Å²) in [6, 6.07) is 6.32. The first-order valence-electron chi connectivity index (χ1n) is 12.9. The number of amides is 1. The summed E-state index contributed by atoms with van der Waals surface area (Å²) >= 11 is 13.9. The fourth-order valence-corrected chi connectivity index (χ4v) is 7.90. The zero-order valence-corrected chi connectivity index (χ0v) is 24.4. The molecule has 0 bridgehead atoms. The van der Waals surface area contributed by atoms with E-state index in [1.807, 2.05) is 12.3 Å². The van der Waals surface area contributed by atoms with Crippen LogP contribution in [-0.2, 0) is 27.2 Å². The highest BCUT2D eigenvalue weighted by molar-refractivity contribution is 9.10. The van der Waals surface area contributed by atoms with E-state index in [9.17, 15) is 9.59 Å². The molecule has 1 saturated heterocycles. The summed E-state index contributed by atoms with van der Waals surface area (Å²) in [6.45, 7) is 3.00.